The summed E-state index contributed by atoms with van der Waals surface area (Å²) < 4.78 is 13.9. The highest BCUT2D eigenvalue weighted by atomic mass is 19.1. The molecule has 2 rings (SSSR count). The molecule has 0 bridgehead atoms. The van der Waals surface area contributed by atoms with Crippen LogP contribution in [-0.2, 0) is 6.42 Å². The van der Waals surface area contributed by atoms with E-state index in [1.165, 1.54) is 12.1 Å². The molecule has 0 aliphatic carbocycles. The molecular weight excluding hydrogens is 269 g/mol. The van der Waals surface area contributed by atoms with Crippen molar-refractivity contribution in [1.29, 1.82) is 5.26 Å². The van der Waals surface area contributed by atoms with Crippen molar-refractivity contribution in [3.8, 4) is 6.07 Å². The smallest absolute Gasteiger partial charge is 0.147 e. The average molecular weight is 285 g/mol. The Labute approximate surface area is 122 Å². The van der Waals surface area contributed by atoms with E-state index in [9.17, 15) is 4.39 Å². The molecule has 1 heterocycles. The lowest BCUT2D eigenvalue weighted by molar-refractivity contribution is 0.631. The van der Waals surface area contributed by atoms with Crippen LogP contribution in [0.3, 0.4) is 0 Å². The third kappa shape index (κ3) is 3.08. The number of nitriles is 1. The van der Waals surface area contributed by atoms with Crippen LogP contribution >= 0.6 is 0 Å². The second kappa shape index (κ2) is 6.18. The molecule has 108 valence electrons. The molecule has 2 aromatic rings. The van der Waals surface area contributed by atoms with Crippen LogP contribution in [0.5, 0.6) is 0 Å². The molecule has 0 saturated carbocycles. The van der Waals surface area contributed by atoms with Crippen molar-refractivity contribution in [2.75, 3.05) is 17.7 Å². The van der Waals surface area contributed by atoms with Crippen molar-refractivity contribution >= 4 is 17.3 Å². The molecule has 0 spiro atoms. The minimum Gasteiger partial charge on any atom is -0.373 e. The topological polar surface area (TPSA) is 73.6 Å². The summed E-state index contributed by atoms with van der Waals surface area (Å²) in [5.74, 6) is 1.44. The summed E-state index contributed by atoms with van der Waals surface area (Å²) in [5.41, 5.74) is 1.36. The predicted octanol–water partition coefficient (Wildman–Crippen LogP) is 3.14. The number of halogens is 1. The van der Waals surface area contributed by atoms with Gasteiger partial charge >= 0.3 is 0 Å². The lowest BCUT2D eigenvalue weighted by Crippen LogP contribution is -2.07. The number of nitrogens with zero attached hydrogens (tertiary/aromatic N) is 3. The van der Waals surface area contributed by atoms with Gasteiger partial charge in [0.15, 0.2) is 0 Å². The molecule has 6 heteroatoms. The zero-order valence-corrected chi connectivity index (χ0v) is 12.2. The van der Waals surface area contributed by atoms with Gasteiger partial charge in [-0.3, -0.25) is 0 Å². The Hall–Kier alpha value is -2.68. The van der Waals surface area contributed by atoms with E-state index in [0.717, 1.165) is 5.56 Å². The van der Waals surface area contributed by atoms with E-state index in [1.807, 2.05) is 19.9 Å². The lowest BCUT2D eigenvalue weighted by Gasteiger charge is -2.13. The molecule has 0 radical (unpaired) electrons. The van der Waals surface area contributed by atoms with Gasteiger partial charge in [-0.05, 0) is 25.1 Å². The van der Waals surface area contributed by atoms with E-state index in [1.54, 1.807) is 13.1 Å². The van der Waals surface area contributed by atoms with Crippen LogP contribution < -0.4 is 10.6 Å². The molecule has 0 aliphatic heterocycles. The van der Waals surface area contributed by atoms with Crippen LogP contribution in [0.15, 0.2) is 18.2 Å². The molecule has 0 aliphatic rings. The Kier molecular flexibility index (Phi) is 4.33. The zero-order valence-electron chi connectivity index (χ0n) is 12.2. The molecule has 0 saturated heterocycles. The van der Waals surface area contributed by atoms with Crippen LogP contribution in [0.1, 0.15) is 23.9 Å². The van der Waals surface area contributed by atoms with Crippen molar-refractivity contribution in [1.82, 2.24) is 9.97 Å². The first kappa shape index (κ1) is 14.7. The second-order valence-corrected chi connectivity index (χ2v) is 4.50. The maximum atomic E-state index is 13.9. The van der Waals surface area contributed by atoms with E-state index in [0.29, 0.717) is 23.9 Å². The third-order valence-electron chi connectivity index (χ3n) is 3.10. The fraction of sp³-hybridized carbons (Fsp3) is 0.267. The number of benzene rings is 1. The van der Waals surface area contributed by atoms with Gasteiger partial charge < -0.3 is 10.6 Å². The van der Waals surface area contributed by atoms with Gasteiger partial charge in [-0.25, -0.2) is 14.4 Å². The number of aryl methyl sites for hydroxylation is 1. The highest BCUT2D eigenvalue weighted by molar-refractivity contribution is 5.65. The third-order valence-corrected chi connectivity index (χ3v) is 3.10. The van der Waals surface area contributed by atoms with Crippen molar-refractivity contribution in [2.24, 2.45) is 0 Å². The number of nitrogens with one attached hydrogen (secondary N) is 2. The maximum absolute atomic E-state index is 13.9. The predicted molar refractivity (Wildman–Crippen MR) is 80.1 cm³/mol. The second-order valence-electron chi connectivity index (χ2n) is 4.50. The molecular formula is C15H16FN5. The fourth-order valence-corrected chi connectivity index (χ4v) is 1.90. The van der Waals surface area contributed by atoms with Crippen molar-refractivity contribution in [3.05, 3.63) is 41.0 Å². The SMILES string of the molecule is CCc1nc(NC)c(C)c(Nc2ccc(C#N)cc2F)n1. The Morgan fingerprint density at radius 3 is 2.57 bits per heavy atom. The number of aromatic nitrogens is 2. The maximum Gasteiger partial charge on any atom is 0.147 e. The molecule has 0 atom stereocenters. The summed E-state index contributed by atoms with van der Waals surface area (Å²) in [4.78, 5) is 8.75. The molecule has 1 aromatic carbocycles. The van der Waals surface area contributed by atoms with Crippen molar-refractivity contribution in [2.45, 2.75) is 20.3 Å². The first-order chi connectivity index (χ1) is 10.1. The lowest BCUT2D eigenvalue weighted by atomic mass is 10.2. The van der Waals surface area contributed by atoms with Crippen LogP contribution in [0.2, 0.25) is 0 Å². The summed E-state index contributed by atoms with van der Waals surface area (Å²) in [6, 6.07) is 6.18. The summed E-state index contributed by atoms with van der Waals surface area (Å²) >= 11 is 0. The number of hydrogen-bond donors (Lipinski definition) is 2. The normalized spacial score (nSPS) is 10.0. The van der Waals surface area contributed by atoms with Gasteiger partial charge in [0.05, 0.1) is 17.3 Å². The van der Waals surface area contributed by atoms with E-state index in [2.05, 4.69) is 20.6 Å². The highest BCUT2D eigenvalue weighted by Crippen LogP contribution is 2.25. The molecule has 0 fully saturated rings. The zero-order chi connectivity index (χ0) is 15.4. The molecule has 1 aromatic heterocycles. The summed E-state index contributed by atoms with van der Waals surface area (Å²) in [6.07, 6.45) is 0.680. The van der Waals surface area contributed by atoms with Crippen molar-refractivity contribution in [3.63, 3.8) is 0 Å². The van der Waals surface area contributed by atoms with Crippen molar-refractivity contribution < 1.29 is 4.39 Å². The van der Waals surface area contributed by atoms with Gasteiger partial charge in [0.2, 0.25) is 0 Å². The minimum atomic E-state index is -0.490. The van der Waals surface area contributed by atoms with Gasteiger partial charge in [0.25, 0.3) is 0 Å². The number of hydrogen-bond acceptors (Lipinski definition) is 5. The van der Waals surface area contributed by atoms with Gasteiger partial charge in [-0.15, -0.1) is 0 Å². The summed E-state index contributed by atoms with van der Waals surface area (Å²) in [5, 5.41) is 14.7. The summed E-state index contributed by atoms with van der Waals surface area (Å²) in [7, 11) is 1.78. The van der Waals surface area contributed by atoms with Crippen LogP contribution in [0.4, 0.5) is 21.7 Å². The van der Waals surface area contributed by atoms with Gasteiger partial charge in [-0.2, -0.15) is 5.26 Å². The molecule has 5 nitrogen and oxygen atoms in total. The monoisotopic (exact) mass is 285 g/mol. The van der Waals surface area contributed by atoms with Gasteiger partial charge in [0.1, 0.15) is 23.3 Å². The Morgan fingerprint density at radius 1 is 1.29 bits per heavy atom. The molecule has 21 heavy (non-hydrogen) atoms. The largest absolute Gasteiger partial charge is 0.373 e. The first-order valence-corrected chi connectivity index (χ1v) is 6.61. The molecule has 0 amide bonds. The minimum absolute atomic E-state index is 0.278. The quantitative estimate of drug-likeness (QED) is 0.902. The Balaban J connectivity index is 2.42. The Morgan fingerprint density at radius 2 is 2.00 bits per heavy atom. The Bertz CT molecular complexity index is 706. The van der Waals surface area contributed by atoms with Gasteiger partial charge in [-0.1, -0.05) is 6.92 Å². The molecule has 2 N–H and O–H groups in total. The first-order valence-electron chi connectivity index (χ1n) is 6.61. The molecule has 0 unspecified atom stereocenters. The van der Waals surface area contributed by atoms with E-state index in [-0.39, 0.29) is 11.3 Å². The van der Waals surface area contributed by atoms with Crippen LogP contribution in [0.25, 0.3) is 0 Å². The van der Waals surface area contributed by atoms with E-state index < -0.39 is 5.82 Å². The van der Waals surface area contributed by atoms with Crippen LogP contribution in [-0.4, -0.2) is 17.0 Å². The number of anilines is 3. The number of rotatable bonds is 4. The fourth-order valence-electron chi connectivity index (χ4n) is 1.90. The summed E-state index contributed by atoms with van der Waals surface area (Å²) in [6.45, 7) is 3.81. The van der Waals surface area contributed by atoms with Gasteiger partial charge in [0, 0.05) is 19.0 Å². The van der Waals surface area contributed by atoms with Crippen LogP contribution in [0, 0.1) is 24.1 Å². The van der Waals surface area contributed by atoms with E-state index in [4.69, 9.17) is 5.26 Å². The van der Waals surface area contributed by atoms with E-state index >= 15 is 0 Å². The highest BCUT2D eigenvalue weighted by Gasteiger charge is 2.11. The standard InChI is InChI=1S/C15H16FN5/c1-4-13-20-14(18-3)9(2)15(21-13)19-12-6-5-10(8-17)7-11(12)16/h5-7H,4H2,1-3H3,(H2,18,19,20,21). The average Bonchev–Trinajstić information content (AvgIpc) is 2.50.